The molecule has 0 heterocycles. The van der Waals surface area contributed by atoms with Gasteiger partial charge in [0.1, 0.15) is 5.75 Å². The van der Waals surface area contributed by atoms with E-state index in [2.05, 4.69) is 43.3 Å². The summed E-state index contributed by atoms with van der Waals surface area (Å²) in [5.41, 5.74) is 6.16. The van der Waals surface area contributed by atoms with Gasteiger partial charge < -0.3 is 5.11 Å². The molecule has 106 valence electrons. The van der Waals surface area contributed by atoms with Crippen LogP contribution >= 0.6 is 0 Å². The van der Waals surface area contributed by atoms with E-state index in [-0.39, 0.29) is 0 Å². The second kappa shape index (κ2) is 6.60. The van der Waals surface area contributed by atoms with Crippen molar-refractivity contribution in [2.45, 2.75) is 46.5 Å². The molecule has 0 atom stereocenters. The zero-order valence-corrected chi connectivity index (χ0v) is 12.7. The summed E-state index contributed by atoms with van der Waals surface area (Å²) in [5, 5.41) is 10.1. The second-order valence-electron chi connectivity index (χ2n) is 5.54. The van der Waals surface area contributed by atoms with Crippen molar-refractivity contribution in [2.24, 2.45) is 0 Å². The van der Waals surface area contributed by atoms with Gasteiger partial charge in [0, 0.05) is 0 Å². The van der Waals surface area contributed by atoms with E-state index in [0.29, 0.717) is 5.75 Å². The van der Waals surface area contributed by atoms with Crippen molar-refractivity contribution in [3.63, 3.8) is 0 Å². The van der Waals surface area contributed by atoms with Gasteiger partial charge >= 0.3 is 0 Å². The molecule has 2 aromatic rings. The Morgan fingerprint density at radius 1 is 0.950 bits per heavy atom. The lowest BCUT2D eigenvalue weighted by Crippen LogP contribution is -2.01. The monoisotopic (exact) mass is 268 g/mol. The lowest BCUT2D eigenvalue weighted by atomic mass is 9.91. The maximum Gasteiger partial charge on any atom is 0.121 e. The standard InChI is InChI=1S/C19H24O/c1-4-8-18-15(3)19(20)14(2)13-17(18)12-11-16-9-6-5-7-10-16/h5-7,9-10,13,20H,4,8,11-12H2,1-3H3. The van der Waals surface area contributed by atoms with Crippen LogP contribution in [0.5, 0.6) is 5.75 Å². The number of phenolic OH excluding ortho intramolecular Hbond substituents is 1. The maximum absolute atomic E-state index is 10.1. The summed E-state index contributed by atoms with van der Waals surface area (Å²) in [4.78, 5) is 0. The summed E-state index contributed by atoms with van der Waals surface area (Å²) in [7, 11) is 0. The first-order valence-electron chi connectivity index (χ1n) is 7.48. The van der Waals surface area contributed by atoms with Gasteiger partial charge in [-0.1, -0.05) is 49.7 Å². The molecular weight excluding hydrogens is 244 g/mol. The van der Waals surface area contributed by atoms with Crippen LogP contribution in [0.2, 0.25) is 0 Å². The van der Waals surface area contributed by atoms with Gasteiger partial charge in [0.15, 0.2) is 0 Å². The fourth-order valence-corrected chi connectivity index (χ4v) is 2.84. The number of hydrogen-bond donors (Lipinski definition) is 1. The highest BCUT2D eigenvalue weighted by Gasteiger charge is 2.12. The first kappa shape index (κ1) is 14.6. The zero-order valence-electron chi connectivity index (χ0n) is 12.7. The summed E-state index contributed by atoms with van der Waals surface area (Å²) < 4.78 is 0. The topological polar surface area (TPSA) is 20.2 Å². The number of benzene rings is 2. The Kier molecular flexibility index (Phi) is 4.84. The Balaban J connectivity index is 2.26. The minimum atomic E-state index is 0.469. The van der Waals surface area contributed by atoms with E-state index in [1.807, 2.05) is 13.8 Å². The summed E-state index contributed by atoms with van der Waals surface area (Å²) in [6.07, 6.45) is 4.26. The second-order valence-corrected chi connectivity index (χ2v) is 5.54. The van der Waals surface area contributed by atoms with Gasteiger partial charge in [-0.3, -0.25) is 0 Å². The Hall–Kier alpha value is -1.76. The van der Waals surface area contributed by atoms with Gasteiger partial charge in [0.2, 0.25) is 0 Å². The van der Waals surface area contributed by atoms with Gasteiger partial charge in [0.25, 0.3) is 0 Å². The third-order valence-electron chi connectivity index (χ3n) is 3.99. The van der Waals surface area contributed by atoms with Crippen LogP contribution in [-0.4, -0.2) is 5.11 Å². The van der Waals surface area contributed by atoms with Crippen LogP contribution in [0.25, 0.3) is 0 Å². The maximum atomic E-state index is 10.1. The minimum absolute atomic E-state index is 0.469. The molecule has 0 amide bonds. The third kappa shape index (κ3) is 3.22. The van der Waals surface area contributed by atoms with Gasteiger partial charge in [-0.25, -0.2) is 0 Å². The predicted molar refractivity (Wildman–Crippen MR) is 85.4 cm³/mol. The molecule has 1 nitrogen and oxygen atoms in total. The lowest BCUT2D eigenvalue weighted by Gasteiger charge is -2.16. The molecule has 0 aliphatic carbocycles. The number of rotatable bonds is 5. The van der Waals surface area contributed by atoms with E-state index in [9.17, 15) is 5.11 Å². The Labute approximate surface area is 122 Å². The van der Waals surface area contributed by atoms with E-state index >= 15 is 0 Å². The number of aryl methyl sites for hydroxylation is 3. The van der Waals surface area contributed by atoms with Gasteiger partial charge in [0.05, 0.1) is 0 Å². The van der Waals surface area contributed by atoms with Crippen molar-refractivity contribution in [1.82, 2.24) is 0 Å². The molecule has 0 aliphatic heterocycles. The van der Waals surface area contributed by atoms with Gasteiger partial charge in [-0.15, -0.1) is 0 Å². The molecule has 0 fully saturated rings. The zero-order chi connectivity index (χ0) is 14.5. The molecule has 0 saturated heterocycles. The molecule has 0 spiro atoms. The molecule has 2 rings (SSSR count). The first-order chi connectivity index (χ1) is 9.63. The molecule has 0 unspecified atom stereocenters. The molecule has 0 aliphatic rings. The summed E-state index contributed by atoms with van der Waals surface area (Å²) in [6.45, 7) is 6.22. The molecule has 0 bridgehead atoms. The molecular formula is C19H24O. The largest absolute Gasteiger partial charge is 0.507 e. The van der Waals surface area contributed by atoms with E-state index in [4.69, 9.17) is 0 Å². The van der Waals surface area contributed by atoms with E-state index in [1.54, 1.807) is 0 Å². The molecule has 1 heteroatoms. The Morgan fingerprint density at radius 3 is 2.30 bits per heavy atom. The molecule has 2 aromatic carbocycles. The lowest BCUT2D eigenvalue weighted by molar-refractivity contribution is 0.465. The highest BCUT2D eigenvalue weighted by molar-refractivity contribution is 5.49. The molecule has 1 N–H and O–H groups in total. The van der Waals surface area contributed by atoms with E-state index in [0.717, 1.165) is 36.8 Å². The first-order valence-corrected chi connectivity index (χ1v) is 7.48. The van der Waals surface area contributed by atoms with Crippen molar-refractivity contribution >= 4 is 0 Å². The van der Waals surface area contributed by atoms with Crippen molar-refractivity contribution in [3.05, 3.63) is 64.2 Å². The average Bonchev–Trinajstić information content (AvgIpc) is 2.47. The fourth-order valence-electron chi connectivity index (χ4n) is 2.84. The quantitative estimate of drug-likeness (QED) is 0.830. The molecule has 0 saturated carbocycles. The Bertz CT molecular complexity index is 570. The average molecular weight is 268 g/mol. The normalized spacial score (nSPS) is 10.8. The number of aromatic hydroxyl groups is 1. The minimum Gasteiger partial charge on any atom is -0.507 e. The number of phenols is 1. The van der Waals surface area contributed by atoms with Crippen LogP contribution in [0.1, 0.15) is 41.2 Å². The van der Waals surface area contributed by atoms with Crippen molar-refractivity contribution in [3.8, 4) is 5.75 Å². The highest BCUT2D eigenvalue weighted by Crippen LogP contribution is 2.29. The summed E-state index contributed by atoms with van der Waals surface area (Å²) in [6, 6.07) is 12.8. The van der Waals surface area contributed by atoms with Crippen LogP contribution in [0, 0.1) is 13.8 Å². The van der Waals surface area contributed by atoms with Crippen molar-refractivity contribution in [2.75, 3.05) is 0 Å². The van der Waals surface area contributed by atoms with Crippen molar-refractivity contribution < 1.29 is 5.11 Å². The van der Waals surface area contributed by atoms with Gasteiger partial charge in [-0.2, -0.15) is 0 Å². The third-order valence-corrected chi connectivity index (χ3v) is 3.99. The van der Waals surface area contributed by atoms with Crippen LogP contribution in [0.15, 0.2) is 36.4 Å². The molecule has 0 aromatic heterocycles. The fraction of sp³-hybridized carbons (Fsp3) is 0.368. The van der Waals surface area contributed by atoms with Crippen LogP contribution < -0.4 is 0 Å². The molecule has 20 heavy (non-hydrogen) atoms. The predicted octanol–water partition coefficient (Wildman–Crippen LogP) is 4.75. The van der Waals surface area contributed by atoms with E-state index < -0.39 is 0 Å². The van der Waals surface area contributed by atoms with Crippen LogP contribution in [0.3, 0.4) is 0 Å². The van der Waals surface area contributed by atoms with Crippen LogP contribution in [-0.2, 0) is 19.3 Å². The van der Waals surface area contributed by atoms with E-state index in [1.165, 1.54) is 16.7 Å². The summed E-state index contributed by atoms with van der Waals surface area (Å²) in [5.74, 6) is 0.469. The van der Waals surface area contributed by atoms with Crippen LogP contribution in [0.4, 0.5) is 0 Å². The smallest absolute Gasteiger partial charge is 0.121 e. The van der Waals surface area contributed by atoms with Crippen molar-refractivity contribution in [1.29, 1.82) is 0 Å². The highest BCUT2D eigenvalue weighted by atomic mass is 16.3. The number of hydrogen-bond acceptors (Lipinski definition) is 1. The Morgan fingerprint density at radius 2 is 1.65 bits per heavy atom. The summed E-state index contributed by atoms with van der Waals surface area (Å²) >= 11 is 0. The SMILES string of the molecule is CCCc1c(CCc2ccccc2)cc(C)c(O)c1C. The van der Waals surface area contributed by atoms with Gasteiger partial charge in [-0.05, 0) is 60.9 Å². The molecule has 0 radical (unpaired) electrons.